The Morgan fingerprint density at radius 3 is 2.78 bits per heavy atom. The zero-order valence-electron chi connectivity index (χ0n) is 10.6. The smallest absolute Gasteiger partial charge is 0.147 e. The van der Waals surface area contributed by atoms with Gasteiger partial charge in [0, 0.05) is 21.8 Å². The van der Waals surface area contributed by atoms with Crippen molar-refractivity contribution in [3.63, 3.8) is 0 Å². The van der Waals surface area contributed by atoms with Crippen LogP contribution in [0.5, 0.6) is 0 Å². The van der Waals surface area contributed by atoms with Gasteiger partial charge in [-0.25, -0.2) is 4.39 Å². The number of hydrogen-bond acceptors (Lipinski definition) is 2. The van der Waals surface area contributed by atoms with Crippen LogP contribution in [0.2, 0.25) is 5.02 Å². The van der Waals surface area contributed by atoms with Crippen LogP contribution in [-0.4, -0.2) is 18.1 Å². The van der Waals surface area contributed by atoms with Gasteiger partial charge in [0.15, 0.2) is 0 Å². The zero-order valence-corrected chi connectivity index (χ0v) is 13.8. The van der Waals surface area contributed by atoms with Crippen molar-refractivity contribution in [2.75, 3.05) is 18.1 Å². The first-order valence-electron chi connectivity index (χ1n) is 6.06. The first kappa shape index (κ1) is 16.3. The predicted molar refractivity (Wildman–Crippen MR) is 83.1 cm³/mol. The van der Waals surface area contributed by atoms with E-state index in [1.165, 1.54) is 0 Å². The summed E-state index contributed by atoms with van der Waals surface area (Å²) in [6.07, 6.45) is 1.13. The highest BCUT2D eigenvalue weighted by Gasteiger charge is 2.18. The molecule has 102 valence electrons. The van der Waals surface area contributed by atoms with Gasteiger partial charge in [0.25, 0.3) is 0 Å². The van der Waals surface area contributed by atoms with E-state index in [0.717, 1.165) is 24.5 Å². The van der Waals surface area contributed by atoms with Crippen LogP contribution in [0.1, 0.15) is 31.9 Å². The highest BCUT2D eigenvalue weighted by Crippen LogP contribution is 2.31. The lowest BCUT2D eigenvalue weighted by Crippen LogP contribution is -2.24. The van der Waals surface area contributed by atoms with Crippen LogP contribution < -0.4 is 5.32 Å². The summed E-state index contributed by atoms with van der Waals surface area (Å²) >= 11 is 11.0. The lowest BCUT2D eigenvalue weighted by molar-refractivity contribution is 0.545. The number of halogens is 3. The first-order chi connectivity index (χ1) is 8.61. The van der Waals surface area contributed by atoms with Gasteiger partial charge < -0.3 is 5.32 Å². The molecule has 0 heterocycles. The van der Waals surface area contributed by atoms with Gasteiger partial charge >= 0.3 is 0 Å². The minimum absolute atomic E-state index is 0.0112. The summed E-state index contributed by atoms with van der Waals surface area (Å²) in [6, 6.07) is 3.61. The Morgan fingerprint density at radius 2 is 2.17 bits per heavy atom. The monoisotopic (exact) mass is 353 g/mol. The molecule has 1 unspecified atom stereocenters. The van der Waals surface area contributed by atoms with E-state index in [0.29, 0.717) is 10.0 Å². The molecule has 0 fully saturated rings. The van der Waals surface area contributed by atoms with Gasteiger partial charge in [-0.1, -0.05) is 31.5 Å². The van der Waals surface area contributed by atoms with Crippen molar-refractivity contribution in [1.82, 2.24) is 5.32 Å². The Kier molecular flexibility index (Phi) is 7.61. The molecule has 1 nitrogen and oxygen atoms in total. The van der Waals surface area contributed by atoms with Gasteiger partial charge in [-0.15, -0.1) is 0 Å². The molecule has 0 radical (unpaired) electrons. The molecule has 0 amide bonds. The van der Waals surface area contributed by atoms with Crippen LogP contribution >= 0.6 is 39.3 Å². The van der Waals surface area contributed by atoms with Crippen LogP contribution in [0.3, 0.4) is 0 Å². The fraction of sp³-hybridized carbons (Fsp3) is 0.538. The van der Waals surface area contributed by atoms with Crippen molar-refractivity contribution in [2.45, 2.75) is 26.3 Å². The maximum absolute atomic E-state index is 14.1. The number of nitrogens with one attached hydrogen (secondary N) is 1. The summed E-state index contributed by atoms with van der Waals surface area (Å²) in [5.41, 5.74) is 0.647. The molecule has 0 aliphatic heterocycles. The second-order valence-electron chi connectivity index (χ2n) is 3.95. The normalized spacial score (nSPS) is 12.7. The van der Waals surface area contributed by atoms with E-state index in [-0.39, 0.29) is 16.9 Å². The number of hydrogen-bond donors (Lipinski definition) is 1. The molecule has 18 heavy (non-hydrogen) atoms. The molecule has 0 aliphatic carbocycles. The van der Waals surface area contributed by atoms with E-state index in [1.807, 2.05) is 18.7 Å². The minimum Gasteiger partial charge on any atom is -0.309 e. The van der Waals surface area contributed by atoms with Gasteiger partial charge in [-0.05, 0) is 40.7 Å². The topological polar surface area (TPSA) is 12.0 Å². The zero-order chi connectivity index (χ0) is 13.5. The lowest BCUT2D eigenvalue weighted by Gasteiger charge is -2.19. The van der Waals surface area contributed by atoms with E-state index in [4.69, 9.17) is 11.6 Å². The van der Waals surface area contributed by atoms with Crippen molar-refractivity contribution in [2.24, 2.45) is 0 Å². The molecule has 0 saturated carbocycles. The van der Waals surface area contributed by atoms with Gasteiger partial charge in [0.2, 0.25) is 0 Å². The maximum Gasteiger partial charge on any atom is 0.147 e. The molecule has 0 spiro atoms. The van der Waals surface area contributed by atoms with Crippen molar-refractivity contribution in [3.8, 4) is 0 Å². The van der Waals surface area contributed by atoms with E-state index < -0.39 is 0 Å². The van der Waals surface area contributed by atoms with Crippen LogP contribution in [0, 0.1) is 5.82 Å². The molecule has 0 aliphatic rings. The first-order valence-corrected chi connectivity index (χ1v) is 8.38. The molecule has 1 aromatic rings. The molecule has 0 aromatic heterocycles. The number of rotatable bonds is 7. The van der Waals surface area contributed by atoms with Crippen LogP contribution in [0.25, 0.3) is 0 Å². The molecule has 1 rings (SSSR count). The van der Waals surface area contributed by atoms with E-state index in [9.17, 15) is 4.39 Å². The van der Waals surface area contributed by atoms with Gasteiger partial charge in [-0.3, -0.25) is 0 Å². The van der Waals surface area contributed by atoms with E-state index in [1.54, 1.807) is 12.1 Å². The Balaban J connectivity index is 2.87. The van der Waals surface area contributed by atoms with Crippen molar-refractivity contribution in [3.05, 3.63) is 33.0 Å². The van der Waals surface area contributed by atoms with Gasteiger partial charge in [0.1, 0.15) is 5.82 Å². The molecular weight excluding hydrogens is 337 g/mol. The van der Waals surface area contributed by atoms with Crippen LogP contribution in [-0.2, 0) is 0 Å². The SMILES string of the molecule is CCCSCC(NCC)c1ccc(Br)c(Cl)c1F. The Labute approximate surface area is 126 Å². The second-order valence-corrected chi connectivity index (χ2v) is 6.33. The Morgan fingerprint density at radius 1 is 1.44 bits per heavy atom. The predicted octanol–water partition coefficient (Wildman–Crippen LogP) is 5.04. The van der Waals surface area contributed by atoms with Crippen molar-refractivity contribution >= 4 is 39.3 Å². The van der Waals surface area contributed by atoms with Crippen molar-refractivity contribution < 1.29 is 4.39 Å². The maximum atomic E-state index is 14.1. The third kappa shape index (κ3) is 4.41. The fourth-order valence-electron chi connectivity index (χ4n) is 1.66. The Bertz CT molecular complexity index is 389. The highest BCUT2D eigenvalue weighted by molar-refractivity contribution is 9.10. The fourth-order valence-corrected chi connectivity index (χ4v) is 3.13. The standard InChI is InChI=1S/C13H18BrClFNS/c1-3-7-18-8-11(17-4-2)9-5-6-10(14)12(15)13(9)16/h5-6,11,17H,3-4,7-8H2,1-2H3. The summed E-state index contributed by atoms with van der Waals surface area (Å²) in [5.74, 6) is 1.62. The van der Waals surface area contributed by atoms with Crippen LogP contribution in [0.15, 0.2) is 16.6 Å². The van der Waals surface area contributed by atoms with E-state index in [2.05, 4.69) is 28.2 Å². The van der Waals surface area contributed by atoms with Gasteiger partial charge in [-0.2, -0.15) is 11.8 Å². The van der Waals surface area contributed by atoms with E-state index >= 15 is 0 Å². The number of thioether (sulfide) groups is 1. The summed E-state index contributed by atoms with van der Waals surface area (Å²) < 4.78 is 14.7. The lowest BCUT2D eigenvalue weighted by atomic mass is 10.1. The van der Waals surface area contributed by atoms with Crippen LogP contribution in [0.4, 0.5) is 4.39 Å². The largest absolute Gasteiger partial charge is 0.309 e. The summed E-state index contributed by atoms with van der Waals surface area (Å²) in [6.45, 7) is 4.98. The molecule has 1 atom stereocenters. The third-order valence-corrected chi connectivity index (χ3v) is 5.05. The Hall–Kier alpha value is 0.230. The summed E-state index contributed by atoms with van der Waals surface area (Å²) in [7, 11) is 0. The van der Waals surface area contributed by atoms with Crippen molar-refractivity contribution in [1.29, 1.82) is 0 Å². The summed E-state index contributed by atoms with van der Waals surface area (Å²) in [4.78, 5) is 0. The quantitative estimate of drug-likeness (QED) is 0.544. The molecule has 0 bridgehead atoms. The molecule has 1 N–H and O–H groups in total. The summed E-state index contributed by atoms with van der Waals surface area (Å²) in [5, 5.41) is 3.47. The molecule has 1 aromatic carbocycles. The number of benzene rings is 1. The molecular formula is C13H18BrClFNS. The second kappa shape index (κ2) is 8.41. The van der Waals surface area contributed by atoms with Gasteiger partial charge in [0.05, 0.1) is 5.02 Å². The molecule has 0 saturated heterocycles. The molecule has 5 heteroatoms. The minimum atomic E-state index is -0.325. The highest BCUT2D eigenvalue weighted by atomic mass is 79.9. The average molecular weight is 355 g/mol. The average Bonchev–Trinajstić information content (AvgIpc) is 2.36. The third-order valence-electron chi connectivity index (χ3n) is 2.52.